The molecule has 0 radical (unpaired) electrons. The molecule has 0 spiro atoms. The maximum Gasteiger partial charge on any atom is 0.255 e. The maximum absolute atomic E-state index is 12.6. The molecule has 4 N–H and O–H groups in total. The topological polar surface area (TPSA) is 84.2 Å². The lowest BCUT2D eigenvalue weighted by atomic mass is 9.74. The monoisotopic (exact) mass is 387 g/mol. The second kappa shape index (κ2) is 9.02. The number of para-hydroxylation sites is 1. The fraction of sp³-hybridized carbons (Fsp3) is 0.333. The summed E-state index contributed by atoms with van der Waals surface area (Å²) in [6.45, 7) is 1.95. The third-order valence-electron chi connectivity index (χ3n) is 5.02. The van der Waals surface area contributed by atoms with Crippen LogP contribution >= 0.6 is 12.4 Å². The Morgan fingerprint density at radius 2 is 1.59 bits per heavy atom. The van der Waals surface area contributed by atoms with E-state index in [0.717, 1.165) is 31.4 Å². The highest BCUT2D eigenvalue weighted by molar-refractivity contribution is 6.04. The van der Waals surface area contributed by atoms with Crippen LogP contribution in [0.15, 0.2) is 54.6 Å². The number of nitrogens with two attached hydrogens (primary N) is 1. The van der Waals surface area contributed by atoms with Crippen LogP contribution < -0.4 is 16.4 Å². The first-order chi connectivity index (χ1) is 12.5. The zero-order valence-electron chi connectivity index (χ0n) is 15.4. The minimum atomic E-state index is -0.460. The van der Waals surface area contributed by atoms with Gasteiger partial charge >= 0.3 is 0 Å². The molecule has 5 nitrogen and oxygen atoms in total. The van der Waals surface area contributed by atoms with Crippen molar-refractivity contribution in [1.82, 2.24) is 0 Å². The third-order valence-corrected chi connectivity index (χ3v) is 5.02. The Labute approximate surface area is 166 Å². The molecule has 6 heteroatoms. The second-order valence-electron chi connectivity index (χ2n) is 7.19. The SMILES string of the molecule is CC1(N)CCCCC1C(=O)Nc1ccc(C(=O)Nc2ccccc2)cc1.Cl. The van der Waals surface area contributed by atoms with Gasteiger partial charge in [0.25, 0.3) is 5.91 Å². The molecular formula is C21H26ClN3O2. The maximum atomic E-state index is 12.6. The summed E-state index contributed by atoms with van der Waals surface area (Å²) in [7, 11) is 0. The van der Waals surface area contributed by atoms with Gasteiger partial charge in [0.05, 0.1) is 5.92 Å². The molecule has 1 saturated carbocycles. The average molecular weight is 388 g/mol. The summed E-state index contributed by atoms with van der Waals surface area (Å²) in [5, 5.41) is 5.77. The Kier molecular flexibility index (Phi) is 6.99. The molecule has 0 heterocycles. The predicted octanol–water partition coefficient (Wildman–Crippen LogP) is 4.21. The number of anilines is 2. The quantitative estimate of drug-likeness (QED) is 0.734. The number of rotatable bonds is 4. The van der Waals surface area contributed by atoms with E-state index < -0.39 is 5.54 Å². The number of benzene rings is 2. The van der Waals surface area contributed by atoms with Gasteiger partial charge in [0, 0.05) is 22.5 Å². The summed E-state index contributed by atoms with van der Waals surface area (Å²) in [6, 6.07) is 16.2. The van der Waals surface area contributed by atoms with Gasteiger partial charge in [0.2, 0.25) is 5.91 Å². The number of hydrogen-bond donors (Lipinski definition) is 3. The zero-order valence-corrected chi connectivity index (χ0v) is 16.2. The van der Waals surface area contributed by atoms with Crippen molar-refractivity contribution in [2.75, 3.05) is 10.6 Å². The highest BCUT2D eigenvalue weighted by atomic mass is 35.5. The molecule has 0 aromatic heterocycles. The van der Waals surface area contributed by atoms with Crippen LogP contribution in [0.5, 0.6) is 0 Å². The van der Waals surface area contributed by atoms with E-state index in [1.165, 1.54) is 0 Å². The molecule has 2 aromatic carbocycles. The van der Waals surface area contributed by atoms with Gasteiger partial charge in [-0.05, 0) is 56.2 Å². The first-order valence-electron chi connectivity index (χ1n) is 9.02. The second-order valence-corrected chi connectivity index (χ2v) is 7.19. The van der Waals surface area contributed by atoms with Crippen LogP contribution in [0.1, 0.15) is 43.0 Å². The molecule has 27 heavy (non-hydrogen) atoms. The van der Waals surface area contributed by atoms with E-state index in [9.17, 15) is 9.59 Å². The highest BCUT2D eigenvalue weighted by Crippen LogP contribution is 2.32. The van der Waals surface area contributed by atoms with E-state index in [4.69, 9.17) is 5.73 Å². The fourth-order valence-electron chi connectivity index (χ4n) is 3.45. The summed E-state index contributed by atoms with van der Waals surface area (Å²) < 4.78 is 0. The minimum Gasteiger partial charge on any atom is -0.326 e. The molecule has 1 fully saturated rings. The standard InChI is InChI=1S/C21H25N3O2.ClH/c1-21(22)14-6-5-9-18(21)20(26)24-17-12-10-15(11-13-17)19(25)23-16-7-3-2-4-8-16;/h2-4,7-8,10-13,18H,5-6,9,14,22H2,1H3,(H,23,25)(H,24,26);1H. The van der Waals surface area contributed by atoms with Crippen LogP contribution in [-0.4, -0.2) is 17.4 Å². The predicted molar refractivity (Wildman–Crippen MR) is 111 cm³/mol. The van der Waals surface area contributed by atoms with Gasteiger partial charge in [-0.2, -0.15) is 0 Å². The van der Waals surface area contributed by atoms with Gasteiger partial charge in [-0.15, -0.1) is 12.4 Å². The number of carbonyl (C=O) groups is 2. The van der Waals surface area contributed by atoms with Gasteiger partial charge < -0.3 is 16.4 Å². The first-order valence-corrected chi connectivity index (χ1v) is 9.02. The van der Waals surface area contributed by atoms with Crippen LogP contribution in [-0.2, 0) is 4.79 Å². The Morgan fingerprint density at radius 1 is 0.963 bits per heavy atom. The van der Waals surface area contributed by atoms with Gasteiger partial charge in [-0.3, -0.25) is 9.59 Å². The van der Waals surface area contributed by atoms with E-state index in [-0.39, 0.29) is 30.1 Å². The van der Waals surface area contributed by atoms with E-state index >= 15 is 0 Å². The molecule has 2 atom stereocenters. The van der Waals surface area contributed by atoms with Crippen LogP contribution in [0, 0.1) is 5.92 Å². The van der Waals surface area contributed by atoms with Crippen LogP contribution in [0.3, 0.4) is 0 Å². The van der Waals surface area contributed by atoms with Crippen molar-refractivity contribution in [3.8, 4) is 0 Å². The van der Waals surface area contributed by atoms with Crippen molar-refractivity contribution in [3.63, 3.8) is 0 Å². The normalized spacial score (nSPS) is 21.6. The minimum absolute atomic E-state index is 0. The molecule has 3 rings (SSSR count). The summed E-state index contributed by atoms with van der Waals surface area (Å²) in [5.74, 6) is -0.413. The van der Waals surface area contributed by atoms with Gasteiger partial charge in [0.1, 0.15) is 0 Å². The number of hydrogen-bond acceptors (Lipinski definition) is 3. The van der Waals surface area contributed by atoms with Gasteiger partial charge in [-0.1, -0.05) is 31.0 Å². The van der Waals surface area contributed by atoms with Crippen LogP contribution in [0.4, 0.5) is 11.4 Å². The smallest absolute Gasteiger partial charge is 0.255 e. The van der Waals surface area contributed by atoms with E-state index in [1.54, 1.807) is 24.3 Å². The molecule has 2 aromatic rings. The third kappa shape index (κ3) is 5.31. The zero-order chi connectivity index (χ0) is 18.6. The van der Waals surface area contributed by atoms with Crippen molar-refractivity contribution < 1.29 is 9.59 Å². The summed E-state index contributed by atoms with van der Waals surface area (Å²) in [6.07, 6.45) is 3.78. The van der Waals surface area contributed by atoms with Crippen molar-refractivity contribution in [1.29, 1.82) is 0 Å². The molecule has 1 aliphatic rings. The molecule has 0 aliphatic heterocycles. The molecule has 2 amide bonds. The number of halogens is 1. The van der Waals surface area contributed by atoms with Crippen LogP contribution in [0.2, 0.25) is 0 Å². The van der Waals surface area contributed by atoms with E-state index in [0.29, 0.717) is 11.3 Å². The molecule has 144 valence electrons. The highest BCUT2D eigenvalue weighted by Gasteiger charge is 2.37. The average Bonchev–Trinajstić information content (AvgIpc) is 2.62. The van der Waals surface area contributed by atoms with Crippen LogP contribution in [0.25, 0.3) is 0 Å². The van der Waals surface area contributed by atoms with Crippen molar-refractivity contribution >= 4 is 35.6 Å². The molecule has 2 unspecified atom stereocenters. The Bertz CT molecular complexity index is 776. The van der Waals surface area contributed by atoms with Crippen molar-refractivity contribution in [2.45, 2.75) is 38.1 Å². The lowest BCUT2D eigenvalue weighted by Gasteiger charge is -2.37. The molecule has 1 aliphatic carbocycles. The summed E-state index contributed by atoms with van der Waals surface area (Å²) in [5.41, 5.74) is 7.79. The van der Waals surface area contributed by atoms with Crippen molar-refractivity contribution in [2.24, 2.45) is 11.7 Å². The largest absolute Gasteiger partial charge is 0.326 e. The Morgan fingerprint density at radius 3 is 2.22 bits per heavy atom. The van der Waals surface area contributed by atoms with Crippen molar-refractivity contribution in [3.05, 3.63) is 60.2 Å². The number of carbonyl (C=O) groups excluding carboxylic acids is 2. The molecular weight excluding hydrogens is 362 g/mol. The number of amides is 2. The van der Waals surface area contributed by atoms with E-state index in [2.05, 4.69) is 10.6 Å². The summed E-state index contributed by atoms with van der Waals surface area (Å²) in [4.78, 5) is 24.8. The number of nitrogens with one attached hydrogen (secondary N) is 2. The van der Waals surface area contributed by atoms with Gasteiger partial charge in [0.15, 0.2) is 0 Å². The molecule has 0 bridgehead atoms. The Balaban J connectivity index is 0.00000261. The van der Waals surface area contributed by atoms with E-state index in [1.807, 2.05) is 37.3 Å². The summed E-state index contributed by atoms with van der Waals surface area (Å²) >= 11 is 0. The lowest BCUT2D eigenvalue weighted by Crippen LogP contribution is -2.51. The lowest BCUT2D eigenvalue weighted by molar-refractivity contribution is -0.122. The molecule has 0 saturated heterocycles. The Hall–Kier alpha value is -2.37. The first kappa shape index (κ1) is 20.9. The van der Waals surface area contributed by atoms with Gasteiger partial charge in [-0.25, -0.2) is 0 Å². The fourth-order valence-corrected chi connectivity index (χ4v) is 3.45.